The maximum Gasteiger partial charge on any atom is 0.251 e. The lowest BCUT2D eigenvalue weighted by Crippen LogP contribution is -2.40. The van der Waals surface area contributed by atoms with E-state index in [1.165, 1.54) is 18.6 Å². The standard InChI is InChI=1S/C18H20BrFN2O2/c19-14-9-13(10-15(20)11-14)18(23)21-12-16(17-5-4-8-24-17)22-6-2-1-3-7-22/h4-5,8-11,16H,1-3,6-7,12H2,(H,21,23). The minimum atomic E-state index is -0.437. The molecule has 2 heterocycles. The number of likely N-dealkylation sites (tertiary alicyclic amines) is 1. The van der Waals surface area contributed by atoms with Gasteiger partial charge in [-0.15, -0.1) is 0 Å². The van der Waals surface area contributed by atoms with E-state index < -0.39 is 5.82 Å². The van der Waals surface area contributed by atoms with Gasteiger partial charge in [-0.3, -0.25) is 9.69 Å². The maximum absolute atomic E-state index is 13.5. The fraction of sp³-hybridized carbons (Fsp3) is 0.389. The van der Waals surface area contributed by atoms with Crippen molar-refractivity contribution in [2.24, 2.45) is 0 Å². The first kappa shape index (κ1) is 17.2. The number of amides is 1. The molecule has 1 aromatic carbocycles. The number of hydrogen-bond donors (Lipinski definition) is 1. The molecule has 0 aliphatic carbocycles. The predicted molar refractivity (Wildman–Crippen MR) is 93.3 cm³/mol. The van der Waals surface area contributed by atoms with Gasteiger partial charge in [0.05, 0.1) is 12.3 Å². The topological polar surface area (TPSA) is 45.5 Å². The lowest BCUT2D eigenvalue weighted by atomic mass is 10.1. The highest BCUT2D eigenvalue weighted by molar-refractivity contribution is 9.10. The van der Waals surface area contributed by atoms with Crippen LogP contribution in [-0.4, -0.2) is 30.4 Å². The molecular formula is C18H20BrFN2O2. The van der Waals surface area contributed by atoms with Crippen molar-refractivity contribution < 1.29 is 13.6 Å². The Morgan fingerprint density at radius 3 is 2.75 bits per heavy atom. The Kier molecular flexibility index (Phi) is 5.68. The van der Waals surface area contributed by atoms with Crippen LogP contribution in [0.4, 0.5) is 4.39 Å². The zero-order valence-corrected chi connectivity index (χ0v) is 14.9. The minimum Gasteiger partial charge on any atom is -0.468 e. The van der Waals surface area contributed by atoms with Crippen LogP contribution in [0.1, 0.15) is 41.4 Å². The van der Waals surface area contributed by atoms with E-state index in [2.05, 4.69) is 26.1 Å². The Hall–Kier alpha value is -1.66. The van der Waals surface area contributed by atoms with E-state index in [0.29, 0.717) is 16.6 Å². The molecule has 0 saturated carbocycles. The zero-order chi connectivity index (χ0) is 16.9. The number of furan rings is 1. The number of piperidine rings is 1. The lowest BCUT2D eigenvalue weighted by molar-refractivity contribution is 0.0913. The smallest absolute Gasteiger partial charge is 0.251 e. The molecule has 0 spiro atoms. The van der Waals surface area contributed by atoms with Gasteiger partial charge in [-0.2, -0.15) is 0 Å². The van der Waals surface area contributed by atoms with Gasteiger partial charge >= 0.3 is 0 Å². The Morgan fingerprint density at radius 2 is 2.08 bits per heavy atom. The number of halogens is 2. The molecule has 1 saturated heterocycles. The van der Waals surface area contributed by atoms with Crippen LogP contribution < -0.4 is 5.32 Å². The van der Waals surface area contributed by atoms with Gasteiger partial charge in [-0.1, -0.05) is 22.4 Å². The van der Waals surface area contributed by atoms with Gasteiger partial charge in [-0.25, -0.2) is 4.39 Å². The van der Waals surface area contributed by atoms with Crippen LogP contribution in [0.5, 0.6) is 0 Å². The van der Waals surface area contributed by atoms with Crippen molar-refractivity contribution in [2.75, 3.05) is 19.6 Å². The number of rotatable bonds is 5. The summed E-state index contributed by atoms with van der Waals surface area (Å²) in [6, 6.07) is 7.98. The van der Waals surface area contributed by atoms with Gasteiger partial charge in [0.15, 0.2) is 0 Å². The molecule has 128 valence electrons. The largest absolute Gasteiger partial charge is 0.468 e. The highest BCUT2D eigenvalue weighted by Gasteiger charge is 2.25. The molecule has 0 bridgehead atoms. The van der Waals surface area contributed by atoms with Crippen LogP contribution in [0, 0.1) is 5.82 Å². The summed E-state index contributed by atoms with van der Waals surface area (Å²) in [6.45, 7) is 2.42. The fourth-order valence-corrected chi connectivity index (χ4v) is 3.56. The highest BCUT2D eigenvalue weighted by Crippen LogP contribution is 2.24. The van der Waals surface area contributed by atoms with E-state index in [1.807, 2.05) is 12.1 Å². The molecule has 3 rings (SSSR count). The first-order valence-corrected chi connectivity index (χ1v) is 8.94. The van der Waals surface area contributed by atoms with Crippen LogP contribution in [0.3, 0.4) is 0 Å². The second-order valence-corrected chi connectivity index (χ2v) is 6.91. The van der Waals surface area contributed by atoms with Crippen LogP contribution in [0.2, 0.25) is 0 Å². The van der Waals surface area contributed by atoms with Crippen LogP contribution in [0.15, 0.2) is 45.5 Å². The molecule has 1 aliphatic rings. The predicted octanol–water partition coefficient (Wildman–Crippen LogP) is 4.14. The van der Waals surface area contributed by atoms with E-state index in [-0.39, 0.29) is 11.9 Å². The van der Waals surface area contributed by atoms with Crippen molar-refractivity contribution in [3.05, 3.63) is 58.2 Å². The van der Waals surface area contributed by atoms with Crippen LogP contribution in [-0.2, 0) is 0 Å². The maximum atomic E-state index is 13.5. The van der Waals surface area contributed by atoms with Crippen LogP contribution >= 0.6 is 15.9 Å². The van der Waals surface area contributed by atoms with E-state index in [1.54, 1.807) is 12.3 Å². The van der Waals surface area contributed by atoms with Gasteiger partial charge in [0.1, 0.15) is 11.6 Å². The van der Waals surface area contributed by atoms with Gasteiger partial charge in [-0.05, 0) is 56.3 Å². The Labute approximate surface area is 149 Å². The van der Waals surface area contributed by atoms with E-state index in [9.17, 15) is 9.18 Å². The summed E-state index contributed by atoms with van der Waals surface area (Å²) < 4.78 is 19.6. The molecule has 24 heavy (non-hydrogen) atoms. The molecular weight excluding hydrogens is 375 g/mol. The number of nitrogens with zero attached hydrogens (tertiary/aromatic N) is 1. The Bertz CT molecular complexity index is 664. The van der Waals surface area contributed by atoms with E-state index in [4.69, 9.17) is 4.42 Å². The molecule has 2 aromatic rings. The third kappa shape index (κ3) is 4.24. The Morgan fingerprint density at radius 1 is 1.29 bits per heavy atom. The summed E-state index contributed by atoms with van der Waals surface area (Å²) in [6.07, 6.45) is 5.20. The van der Waals surface area contributed by atoms with Crippen molar-refractivity contribution in [1.29, 1.82) is 0 Å². The average molecular weight is 395 g/mol. The van der Waals surface area contributed by atoms with Gasteiger partial charge < -0.3 is 9.73 Å². The first-order chi connectivity index (χ1) is 11.6. The minimum absolute atomic E-state index is 0.00116. The quantitative estimate of drug-likeness (QED) is 0.828. The summed E-state index contributed by atoms with van der Waals surface area (Å²) in [7, 11) is 0. The third-order valence-electron chi connectivity index (χ3n) is 4.28. The normalized spacial score (nSPS) is 16.8. The molecule has 6 heteroatoms. The number of hydrogen-bond acceptors (Lipinski definition) is 3. The van der Waals surface area contributed by atoms with Crippen molar-refractivity contribution in [3.63, 3.8) is 0 Å². The van der Waals surface area contributed by atoms with Crippen LogP contribution in [0.25, 0.3) is 0 Å². The summed E-state index contributed by atoms with van der Waals surface area (Å²) in [5.41, 5.74) is 0.304. The monoisotopic (exact) mass is 394 g/mol. The zero-order valence-electron chi connectivity index (χ0n) is 13.3. The number of carbonyl (C=O) groups is 1. The fourth-order valence-electron chi connectivity index (χ4n) is 3.10. The molecule has 1 N–H and O–H groups in total. The second kappa shape index (κ2) is 7.94. The summed E-state index contributed by atoms with van der Waals surface area (Å²) >= 11 is 3.21. The van der Waals surface area contributed by atoms with E-state index in [0.717, 1.165) is 31.7 Å². The molecule has 1 aromatic heterocycles. The average Bonchev–Trinajstić information content (AvgIpc) is 3.09. The number of carbonyl (C=O) groups excluding carboxylic acids is 1. The van der Waals surface area contributed by atoms with Crippen molar-refractivity contribution in [2.45, 2.75) is 25.3 Å². The Balaban J connectivity index is 1.69. The third-order valence-corrected chi connectivity index (χ3v) is 4.74. The second-order valence-electron chi connectivity index (χ2n) is 6.00. The molecule has 1 aliphatic heterocycles. The molecule has 4 nitrogen and oxygen atoms in total. The van der Waals surface area contributed by atoms with Gasteiger partial charge in [0.2, 0.25) is 0 Å². The molecule has 1 atom stereocenters. The molecule has 1 amide bonds. The summed E-state index contributed by atoms with van der Waals surface area (Å²) in [4.78, 5) is 14.7. The van der Waals surface area contributed by atoms with Gasteiger partial charge in [0.25, 0.3) is 5.91 Å². The first-order valence-electron chi connectivity index (χ1n) is 8.15. The van der Waals surface area contributed by atoms with Crippen molar-refractivity contribution in [1.82, 2.24) is 10.2 Å². The summed E-state index contributed by atoms with van der Waals surface area (Å²) in [5, 5.41) is 2.91. The van der Waals surface area contributed by atoms with E-state index >= 15 is 0 Å². The van der Waals surface area contributed by atoms with Crippen molar-refractivity contribution >= 4 is 21.8 Å². The van der Waals surface area contributed by atoms with Gasteiger partial charge in [0, 0.05) is 16.6 Å². The number of nitrogens with one attached hydrogen (secondary N) is 1. The lowest BCUT2D eigenvalue weighted by Gasteiger charge is -2.33. The SMILES string of the molecule is O=C(NCC(c1ccco1)N1CCCCC1)c1cc(F)cc(Br)c1. The van der Waals surface area contributed by atoms with Crippen molar-refractivity contribution in [3.8, 4) is 0 Å². The number of benzene rings is 1. The molecule has 1 unspecified atom stereocenters. The highest BCUT2D eigenvalue weighted by atomic mass is 79.9. The molecule has 1 fully saturated rings. The summed E-state index contributed by atoms with van der Waals surface area (Å²) in [5.74, 6) is 0.120. The molecule has 0 radical (unpaired) electrons.